The zero-order chi connectivity index (χ0) is 10.8. The zero-order valence-electron chi connectivity index (χ0n) is 9.07. The number of benzene rings is 1. The molecule has 1 atom stereocenters. The summed E-state index contributed by atoms with van der Waals surface area (Å²) < 4.78 is 0. The van der Waals surface area contributed by atoms with Crippen molar-refractivity contribution < 1.29 is 0 Å². The number of para-hydroxylation sites is 1. The molecule has 1 unspecified atom stereocenters. The van der Waals surface area contributed by atoms with E-state index < -0.39 is 0 Å². The van der Waals surface area contributed by atoms with Gasteiger partial charge in [0.15, 0.2) is 0 Å². The van der Waals surface area contributed by atoms with Crippen LogP contribution in [0.5, 0.6) is 0 Å². The summed E-state index contributed by atoms with van der Waals surface area (Å²) in [6, 6.07) is 8.32. The average molecular weight is 233 g/mol. The molecule has 1 aliphatic heterocycles. The number of rotatable bonds is 2. The van der Waals surface area contributed by atoms with E-state index in [1.54, 1.807) is 0 Å². The maximum absolute atomic E-state index is 4.40. The molecule has 0 radical (unpaired) electrons. The molecule has 0 amide bonds. The molecule has 1 aliphatic rings. The van der Waals surface area contributed by atoms with Crippen LogP contribution in [0.15, 0.2) is 29.3 Å². The number of thioether (sulfide) groups is 1. The summed E-state index contributed by atoms with van der Waals surface area (Å²) in [4.78, 5) is 0. The highest BCUT2D eigenvalue weighted by atomic mass is 32.2. The van der Waals surface area contributed by atoms with E-state index >= 15 is 0 Å². The van der Waals surface area contributed by atoms with E-state index in [0.717, 1.165) is 17.1 Å². The van der Waals surface area contributed by atoms with Gasteiger partial charge in [0.05, 0.1) is 5.52 Å². The molecule has 0 aliphatic carbocycles. The number of fused-ring (bicyclic) bond motifs is 1. The summed E-state index contributed by atoms with van der Waals surface area (Å²) in [5, 5.41) is 14.0. The first kappa shape index (κ1) is 10.2. The van der Waals surface area contributed by atoms with Crippen LogP contribution in [0.3, 0.4) is 0 Å². The Hall–Kier alpha value is -1.00. The van der Waals surface area contributed by atoms with Crippen LogP contribution in [0.1, 0.15) is 12.8 Å². The number of nitrogens with one attached hydrogen (secondary N) is 2. The monoisotopic (exact) mass is 233 g/mol. The molecule has 0 bridgehead atoms. The van der Waals surface area contributed by atoms with Gasteiger partial charge in [-0.2, -0.15) is 5.10 Å². The van der Waals surface area contributed by atoms with Crippen LogP contribution in [-0.4, -0.2) is 28.5 Å². The van der Waals surface area contributed by atoms with Gasteiger partial charge in [0.25, 0.3) is 0 Å². The number of piperidine rings is 1. The summed E-state index contributed by atoms with van der Waals surface area (Å²) in [5.41, 5.74) is 1.13. The number of H-pyrrole nitrogens is 1. The van der Waals surface area contributed by atoms with Crippen LogP contribution in [0.25, 0.3) is 10.9 Å². The van der Waals surface area contributed by atoms with Gasteiger partial charge in [-0.15, -0.1) is 0 Å². The first-order valence-electron chi connectivity index (χ1n) is 5.74. The van der Waals surface area contributed by atoms with Gasteiger partial charge in [-0.25, -0.2) is 0 Å². The zero-order valence-corrected chi connectivity index (χ0v) is 9.89. The Labute approximate surface area is 99.0 Å². The molecular weight excluding hydrogens is 218 g/mol. The fourth-order valence-corrected chi connectivity index (χ4v) is 3.31. The molecule has 3 rings (SSSR count). The minimum Gasteiger partial charge on any atom is -0.316 e. The second-order valence-electron chi connectivity index (χ2n) is 4.16. The van der Waals surface area contributed by atoms with Crippen LogP contribution in [0.4, 0.5) is 0 Å². The van der Waals surface area contributed by atoms with Crippen LogP contribution >= 0.6 is 11.8 Å². The lowest BCUT2D eigenvalue weighted by molar-refractivity contribution is 0.531. The Morgan fingerprint density at radius 1 is 1.31 bits per heavy atom. The van der Waals surface area contributed by atoms with Crippen molar-refractivity contribution in [2.24, 2.45) is 0 Å². The molecule has 1 aromatic carbocycles. The number of hydrogen-bond acceptors (Lipinski definition) is 3. The van der Waals surface area contributed by atoms with Crippen molar-refractivity contribution >= 4 is 22.7 Å². The van der Waals surface area contributed by atoms with Crippen LogP contribution in [-0.2, 0) is 0 Å². The first-order valence-corrected chi connectivity index (χ1v) is 6.62. The summed E-state index contributed by atoms with van der Waals surface area (Å²) >= 11 is 1.90. The Morgan fingerprint density at radius 2 is 2.25 bits per heavy atom. The smallest absolute Gasteiger partial charge is 0.126 e. The lowest BCUT2D eigenvalue weighted by Gasteiger charge is -2.21. The minimum absolute atomic E-state index is 0.667. The molecular formula is C12H15N3S. The Morgan fingerprint density at radius 3 is 3.12 bits per heavy atom. The van der Waals surface area contributed by atoms with Crippen molar-refractivity contribution in [3.05, 3.63) is 24.3 Å². The average Bonchev–Trinajstić information content (AvgIpc) is 2.74. The lowest BCUT2D eigenvalue weighted by atomic mass is 10.2. The summed E-state index contributed by atoms with van der Waals surface area (Å²) in [6.07, 6.45) is 2.57. The van der Waals surface area contributed by atoms with Gasteiger partial charge in [0.2, 0.25) is 0 Å². The molecule has 2 aromatic rings. The highest BCUT2D eigenvalue weighted by Gasteiger charge is 2.16. The molecule has 84 valence electrons. The quantitative estimate of drug-likeness (QED) is 0.837. The highest BCUT2D eigenvalue weighted by molar-refractivity contribution is 8.00. The fraction of sp³-hybridized carbons (Fsp3) is 0.417. The molecule has 2 heterocycles. The second-order valence-corrected chi connectivity index (χ2v) is 5.45. The van der Waals surface area contributed by atoms with E-state index in [1.807, 2.05) is 17.8 Å². The van der Waals surface area contributed by atoms with E-state index in [-0.39, 0.29) is 0 Å². The van der Waals surface area contributed by atoms with Crippen molar-refractivity contribution in [2.75, 3.05) is 13.1 Å². The maximum Gasteiger partial charge on any atom is 0.126 e. The van der Waals surface area contributed by atoms with E-state index in [0.29, 0.717) is 5.25 Å². The molecule has 1 aromatic heterocycles. The van der Waals surface area contributed by atoms with Crippen LogP contribution < -0.4 is 5.32 Å². The molecule has 4 heteroatoms. The fourth-order valence-electron chi connectivity index (χ4n) is 2.11. The van der Waals surface area contributed by atoms with E-state index in [2.05, 4.69) is 33.7 Å². The van der Waals surface area contributed by atoms with Gasteiger partial charge in [0.1, 0.15) is 5.03 Å². The summed E-state index contributed by atoms with van der Waals surface area (Å²) in [6.45, 7) is 2.27. The maximum atomic E-state index is 4.40. The third-order valence-corrected chi connectivity index (χ3v) is 4.24. The standard InChI is InChI=1S/C12H15N3S/c1-2-6-11-10(5-1)12(15-14-11)16-9-4-3-7-13-8-9/h1-2,5-6,9,13H,3-4,7-8H2,(H,14,15). The van der Waals surface area contributed by atoms with E-state index in [9.17, 15) is 0 Å². The van der Waals surface area contributed by atoms with Crippen molar-refractivity contribution in [1.82, 2.24) is 15.5 Å². The van der Waals surface area contributed by atoms with Gasteiger partial charge < -0.3 is 5.32 Å². The molecule has 1 fully saturated rings. The third kappa shape index (κ3) is 1.95. The third-order valence-electron chi connectivity index (χ3n) is 2.97. The summed E-state index contributed by atoms with van der Waals surface area (Å²) in [5.74, 6) is 0. The van der Waals surface area contributed by atoms with Gasteiger partial charge >= 0.3 is 0 Å². The van der Waals surface area contributed by atoms with Gasteiger partial charge in [-0.1, -0.05) is 30.0 Å². The Bertz CT molecular complexity index is 474. The molecule has 3 nitrogen and oxygen atoms in total. The normalized spacial score (nSPS) is 21.4. The predicted octanol–water partition coefficient (Wildman–Crippen LogP) is 2.41. The predicted molar refractivity (Wildman–Crippen MR) is 67.8 cm³/mol. The number of aromatic amines is 1. The van der Waals surface area contributed by atoms with Crippen molar-refractivity contribution in [2.45, 2.75) is 23.1 Å². The molecule has 1 saturated heterocycles. The lowest BCUT2D eigenvalue weighted by Crippen LogP contribution is -2.31. The Kier molecular flexibility index (Phi) is 2.84. The highest BCUT2D eigenvalue weighted by Crippen LogP contribution is 2.30. The van der Waals surface area contributed by atoms with Gasteiger partial charge in [-0.3, -0.25) is 5.10 Å². The largest absolute Gasteiger partial charge is 0.316 e. The van der Waals surface area contributed by atoms with Crippen molar-refractivity contribution in [1.29, 1.82) is 0 Å². The summed E-state index contributed by atoms with van der Waals surface area (Å²) in [7, 11) is 0. The van der Waals surface area contributed by atoms with Crippen LogP contribution in [0, 0.1) is 0 Å². The van der Waals surface area contributed by atoms with Crippen molar-refractivity contribution in [3.63, 3.8) is 0 Å². The van der Waals surface area contributed by atoms with Crippen LogP contribution in [0.2, 0.25) is 0 Å². The van der Waals surface area contributed by atoms with E-state index in [4.69, 9.17) is 0 Å². The number of nitrogens with zero attached hydrogens (tertiary/aromatic N) is 1. The molecule has 0 saturated carbocycles. The molecule has 16 heavy (non-hydrogen) atoms. The minimum atomic E-state index is 0.667. The second kappa shape index (κ2) is 4.47. The number of hydrogen-bond donors (Lipinski definition) is 2. The topological polar surface area (TPSA) is 40.7 Å². The van der Waals surface area contributed by atoms with Gasteiger partial charge in [0, 0.05) is 17.2 Å². The number of aromatic nitrogens is 2. The Balaban J connectivity index is 1.83. The van der Waals surface area contributed by atoms with E-state index in [1.165, 1.54) is 24.8 Å². The first-order chi connectivity index (χ1) is 7.93. The van der Waals surface area contributed by atoms with Gasteiger partial charge in [-0.05, 0) is 25.5 Å². The SMILES string of the molecule is c1ccc2c(SC3CCCNC3)n[nH]c2c1. The molecule has 0 spiro atoms. The molecule has 2 N–H and O–H groups in total. The van der Waals surface area contributed by atoms with Crippen molar-refractivity contribution in [3.8, 4) is 0 Å².